The van der Waals surface area contributed by atoms with Gasteiger partial charge in [0.25, 0.3) is 0 Å². The molecule has 2 rings (SSSR count). The van der Waals surface area contributed by atoms with E-state index in [1.54, 1.807) is 36.4 Å². The molecule has 0 aromatic heterocycles. The highest BCUT2D eigenvalue weighted by Crippen LogP contribution is 2.21. The first-order chi connectivity index (χ1) is 12.8. The normalized spacial score (nSPS) is 11.0. The third-order valence-electron chi connectivity index (χ3n) is 3.75. The summed E-state index contributed by atoms with van der Waals surface area (Å²) in [4.78, 5) is 23.5. The Morgan fingerprint density at radius 3 is 2.41 bits per heavy atom. The second-order valence-electron chi connectivity index (χ2n) is 5.70. The number of methoxy groups -OCH3 is 1. The van der Waals surface area contributed by atoms with Gasteiger partial charge in [-0.1, -0.05) is 18.2 Å². The van der Waals surface area contributed by atoms with Gasteiger partial charge in [-0.3, -0.25) is 9.59 Å². The summed E-state index contributed by atoms with van der Waals surface area (Å²) in [5, 5.41) is 0. The van der Waals surface area contributed by atoms with Crippen LogP contribution in [0.5, 0.6) is 5.75 Å². The van der Waals surface area contributed by atoms with E-state index in [9.17, 15) is 18.0 Å². The Morgan fingerprint density at radius 1 is 1.07 bits per heavy atom. The van der Waals surface area contributed by atoms with Crippen LogP contribution in [0.25, 0.3) is 0 Å². The van der Waals surface area contributed by atoms with Gasteiger partial charge in [-0.2, -0.15) is 0 Å². The minimum absolute atomic E-state index is 0.0748. The minimum Gasteiger partial charge on any atom is -0.496 e. The molecule has 2 aromatic carbocycles. The van der Waals surface area contributed by atoms with Crippen LogP contribution in [0.4, 0.5) is 0 Å². The van der Waals surface area contributed by atoms with Crippen molar-refractivity contribution in [3.63, 3.8) is 0 Å². The van der Waals surface area contributed by atoms with Crippen molar-refractivity contribution in [2.24, 2.45) is 0 Å². The SMILES string of the molecule is COc1ccc(C(C)=O)cc1COC(=O)CCNS(=O)(=O)c1ccccc1. The van der Waals surface area contributed by atoms with E-state index in [0.29, 0.717) is 16.9 Å². The van der Waals surface area contributed by atoms with Crippen LogP contribution < -0.4 is 9.46 Å². The quantitative estimate of drug-likeness (QED) is 0.520. The number of rotatable bonds is 9. The fraction of sp³-hybridized carbons (Fsp3) is 0.263. The summed E-state index contributed by atoms with van der Waals surface area (Å²) >= 11 is 0. The molecule has 0 amide bonds. The Bertz CT molecular complexity index is 909. The molecule has 0 saturated heterocycles. The van der Waals surface area contributed by atoms with Crippen LogP contribution >= 0.6 is 0 Å². The molecular formula is C19H21NO6S. The average Bonchev–Trinajstić information content (AvgIpc) is 2.66. The maximum atomic E-state index is 12.1. The second kappa shape index (κ2) is 9.29. The third-order valence-corrected chi connectivity index (χ3v) is 5.23. The molecule has 0 spiro atoms. The zero-order valence-corrected chi connectivity index (χ0v) is 15.9. The largest absolute Gasteiger partial charge is 0.496 e. The lowest BCUT2D eigenvalue weighted by Crippen LogP contribution is -2.26. The Morgan fingerprint density at radius 2 is 1.78 bits per heavy atom. The second-order valence-corrected chi connectivity index (χ2v) is 7.47. The molecule has 0 radical (unpaired) electrons. The van der Waals surface area contributed by atoms with Crippen molar-refractivity contribution in [2.45, 2.75) is 24.8 Å². The van der Waals surface area contributed by atoms with Gasteiger partial charge in [-0.05, 0) is 37.3 Å². The summed E-state index contributed by atoms with van der Waals surface area (Å²) in [5.74, 6) is -0.181. The van der Waals surface area contributed by atoms with Gasteiger partial charge < -0.3 is 9.47 Å². The average molecular weight is 391 g/mol. The predicted molar refractivity (Wildman–Crippen MR) is 99.0 cm³/mol. The van der Waals surface area contributed by atoms with Gasteiger partial charge >= 0.3 is 5.97 Å². The van der Waals surface area contributed by atoms with Gasteiger partial charge in [0.1, 0.15) is 12.4 Å². The molecule has 1 N–H and O–H groups in total. The number of nitrogens with one attached hydrogen (secondary N) is 1. The molecule has 7 nitrogen and oxygen atoms in total. The monoisotopic (exact) mass is 391 g/mol. The molecular weight excluding hydrogens is 370 g/mol. The Kier molecular flexibility index (Phi) is 7.09. The van der Waals surface area contributed by atoms with Crippen molar-refractivity contribution < 1.29 is 27.5 Å². The number of esters is 1. The summed E-state index contributed by atoms with van der Waals surface area (Å²) in [6.45, 7) is 1.28. The number of benzene rings is 2. The molecule has 0 fully saturated rings. The van der Waals surface area contributed by atoms with E-state index in [-0.39, 0.29) is 30.3 Å². The van der Waals surface area contributed by atoms with E-state index in [1.165, 1.54) is 26.2 Å². The number of carbonyl (C=O) groups is 2. The topological polar surface area (TPSA) is 98.8 Å². The zero-order valence-electron chi connectivity index (χ0n) is 15.1. The smallest absolute Gasteiger partial charge is 0.307 e. The molecule has 0 aliphatic rings. The Labute approximate surface area is 158 Å². The van der Waals surface area contributed by atoms with E-state index in [1.807, 2.05) is 0 Å². The summed E-state index contributed by atoms with van der Waals surface area (Å²) in [6, 6.07) is 12.7. The molecule has 0 atom stereocenters. The van der Waals surface area contributed by atoms with Crippen LogP contribution in [0.1, 0.15) is 29.3 Å². The number of carbonyl (C=O) groups excluding carboxylic acids is 2. The first-order valence-electron chi connectivity index (χ1n) is 8.21. The third kappa shape index (κ3) is 5.90. The van der Waals surface area contributed by atoms with Gasteiger partial charge in [0.2, 0.25) is 10.0 Å². The molecule has 0 heterocycles. The van der Waals surface area contributed by atoms with Gasteiger partial charge in [0.15, 0.2) is 5.78 Å². The lowest BCUT2D eigenvalue weighted by atomic mass is 10.1. The molecule has 0 bridgehead atoms. The highest BCUT2D eigenvalue weighted by atomic mass is 32.2. The maximum Gasteiger partial charge on any atom is 0.307 e. The molecule has 0 saturated carbocycles. The van der Waals surface area contributed by atoms with Crippen molar-refractivity contribution in [3.8, 4) is 5.75 Å². The maximum absolute atomic E-state index is 12.1. The van der Waals surface area contributed by atoms with Crippen LogP contribution in [0, 0.1) is 0 Å². The van der Waals surface area contributed by atoms with Crippen LogP contribution in [0.3, 0.4) is 0 Å². The standard InChI is InChI=1S/C19H21NO6S/c1-14(21)15-8-9-18(25-2)16(12-15)13-26-19(22)10-11-20-27(23,24)17-6-4-3-5-7-17/h3-9,12,20H,10-11,13H2,1-2H3. The molecule has 144 valence electrons. The summed E-state index contributed by atoms with van der Waals surface area (Å²) in [5.41, 5.74) is 1.04. The lowest BCUT2D eigenvalue weighted by Gasteiger charge is -2.11. The molecule has 2 aromatic rings. The number of sulfonamides is 1. The van der Waals surface area contributed by atoms with Crippen molar-refractivity contribution in [1.29, 1.82) is 0 Å². The van der Waals surface area contributed by atoms with Gasteiger partial charge in [0.05, 0.1) is 18.4 Å². The Hall–Kier alpha value is -2.71. The fourth-order valence-electron chi connectivity index (χ4n) is 2.31. The van der Waals surface area contributed by atoms with E-state index >= 15 is 0 Å². The molecule has 0 aliphatic carbocycles. The van der Waals surface area contributed by atoms with Gasteiger partial charge in [0, 0.05) is 17.7 Å². The van der Waals surface area contributed by atoms with E-state index in [0.717, 1.165) is 0 Å². The fourth-order valence-corrected chi connectivity index (χ4v) is 3.36. The minimum atomic E-state index is -3.66. The molecule has 8 heteroatoms. The summed E-state index contributed by atoms with van der Waals surface area (Å²) in [6.07, 6.45) is -0.124. The highest BCUT2D eigenvalue weighted by molar-refractivity contribution is 7.89. The predicted octanol–water partition coefficient (Wildman–Crippen LogP) is 2.31. The molecule has 0 aliphatic heterocycles. The van der Waals surface area contributed by atoms with E-state index in [2.05, 4.69) is 4.72 Å². The van der Waals surface area contributed by atoms with Crippen molar-refractivity contribution >= 4 is 21.8 Å². The van der Waals surface area contributed by atoms with Crippen LogP contribution in [-0.2, 0) is 26.2 Å². The summed E-state index contributed by atoms with van der Waals surface area (Å²) in [7, 11) is -2.19. The van der Waals surface area contributed by atoms with Crippen LogP contribution in [-0.4, -0.2) is 33.8 Å². The number of hydrogen-bond acceptors (Lipinski definition) is 6. The first kappa shape index (κ1) is 20.6. The van der Waals surface area contributed by atoms with Crippen molar-refractivity contribution in [1.82, 2.24) is 4.72 Å². The zero-order chi connectivity index (χ0) is 19.9. The van der Waals surface area contributed by atoms with E-state index in [4.69, 9.17) is 9.47 Å². The highest BCUT2D eigenvalue weighted by Gasteiger charge is 2.14. The number of Topliss-reactive ketones (excluding diaryl/α,β-unsaturated/α-hetero) is 1. The van der Waals surface area contributed by atoms with Crippen LogP contribution in [0.15, 0.2) is 53.4 Å². The van der Waals surface area contributed by atoms with Gasteiger partial charge in [-0.25, -0.2) is 13.1 Å². The molecule has 27 heavy (non-hydrogen) atoms. The van der Waals surface area contributed by atoms with Crippen molar-refractivity contribution in [3.05, 3.63) is 59.7 Å². The number of ketones is 1. The lowest BCUT2D eigenvalue weighted by molar-refractivity contribution is -0.144. The summed E-state index contributed by atoms with van der Waals surface area (Å²) < 4.78 is 36.8. The van der Waals surface area contributed by atoms with E-state index < -0.39 is 16.0 Å². The van der Waals surface area contributed by atoms with Crippen molar-refractivity contribution in [2.75, 3.05) is 13.7 Å². The Balaban J connectivity index is 1.88. The first-order valence-corrected chi connectivity index (χ1v) is 9.70. The van der Waals surface area contributed by atoms with Crippen LogP contribution in [0.2, 0.25) is 0 Å². The number of hydrogen-bond donors (Lipinski definition) is 1. The molecule has 0 unspecified atom stereocenters. The number of ether oxygens (including phenoxy) is 2. The van der Waals surface area contributed by atoms with Gasteiger partial charge in [-0.15, -0.1) is 0 Å².